The summed E-state index contributed by atoms with van der Waals surface area (Å²) in [5.74, 6) is 1.83. The molecule has 3 heterocycles. The molecule has 0 aliphatic carbocycles. The molecule has 40 heavy (non-hydrogen) atoms. The molecular weight excluding hydrogens is 521 g/mol. The number of benzene rings is 2. The second kappa shape index (κ2) is 13.8. The second-order valence-electron chi connectivity index (χ2n) is 9.26. The van der Waals surface area contributed by atoms with Gasteiger partial charge in [-0.05, 0) is 86.4 Å². The number of fused-ring (bicyclic) bond motifs is 1. The maximum absolute atomic E-state index is 14.7. The fourth-order valence-electron chi connectivity index (χ4n) is 4.98. The van der Waals surface area contributed by atoms with Gasteiger partial charge in [0.15, 0.2) is 0 Å². The van der Waals surface area contributed by atoms with Crippen LogP contribution >= 0.6 is 7.04 Å². The van der Waals surface area contributed by atoms with Crippen LogP contribution in [0.25, 0.3) is 27.9 Å². The first-order valence-corrected chi connectivity index (χ1v) is 15.7. The Kier molecular flexibility index (Phi) is 10.8. The minimum atomic E-state index is -1.53. The number of pyridine rings is 2. The first-order chi connectivity index (χ1) is 18.9. The zero-order valence-electron chi connectivity index (χ0n) is 23.4. The van der Waals surface area contributed by atoms with E-state index in [1.54, 1.807) is 18.3 Å². The molecule has 0 fully saturated rings. The van der Waals surface area contributed by atoms with Crippen LogP contribution in [0.4, 0.5) is 8.78 Å². The van der Waals surface area contributed by atoms with E-state index >= 15 is 0 Å². The number of nitrogens with zero attached hydrogens (tertiary/aromatic N) is 2. The van der Waals surface area contributed by atoms with Gasteiger partial charge in [0.05, 0.1) is 5.69 Å². The number of hydrogen-bond acceptors (Lipinski definition) is 4. The quantitative estimate of drug-likeness (QED) is 0.216. The molecule has 2 N–H and O–H groups in total. The van der Waals surface area contributed by atoms with Gasteiger partial charge in [0, 0.05) is 53.6 Å². The Balaban J connectivity index is 0.00000144. The molecule has 212 valence electrons. The van der Waals surface area contributed by atoms with Crippen LogP contribution in [0.2, 0.25) is 0 Å². The lowest BCUT2D eigenvalue weighted by atomic mass is 10.1. The molecular formula is C33H41F2N4P. The van der Waals surface area contributed by atoms with E-state index in [0.717, 1.165) is 51.9 Å². The predicted octanol–water partition coefficient (Wildman–Crippen LogP) is 7.72. The lowest BCUT2D eigenvalue weighted by Crippen LogP contribution is -2.35. The molecule has 1 aliphatic heterocycles. The molecule has 0 radical (unpaired) electrons. The molecule has 2 aromatic carbocycles. The molecule has 0 spiro atoms. The summed E-state index contributed by atoms with van der Waals surface area (Å²) in [5.41, 5.74) is 5.97. The zero-order chi connectivity index (χ0) is 28.0. The summed E-state index contributed by atoms with van der Waals surface area (Å²) < 4.78 is 28.3. The summed E-state index contributed by atoms with van der Waals surface area (Å²) in [7, 11) is -1.53. The van der Waals surface area contributed by atoms with Crippen LogP contribution in [0, 0.1) is 18.6 Å². The fourth-order valence-corrected chi connectivity index (χ4v) is 7.88. The highest BCUT2D eigenvalue weighted by atomic mass is 31.2. The minimum Gasteiger partial charge on any atom is -0.384 e. The van der Waals surface area contributed by atoms with Gasteiger partial charge in [0.25, 0.3) is 0 Å². The fraction of sp³-hybridized carbons (Fsp3) is 0.303. The number of halogens is 2. The van der Waals surface area contributed by atoms with Crippen LogP contribution < -0.4 is 15.7 Å². The van der Waals surface area contributed by atoms with Crippen molar-refractivity contribution in [1.29, 1.82) is 0 Å². The third kappa shape index (κ3) is 6.35. The second-order valence-corrected chi connectivity index (χ2v) is 12.8. The van der Waals surface area contributed by atoms with Crippen LogP contribution in [-0.4, -0.2) is 35.0 Å². The first kappa shape index (κ1) is 31.2. The SMILES string of the molecule is C.C/C=C(/NCCc1cc(P2(CC)=CCN2)c(C)c(-c2ccc(F)cc2)n1)c1cc(F)c2ncccc2c1.CC. The number of hydrogen-bond donors (Lipinski definition) is 2. The molecule has 1 unspecified atom stereocenters. The van der Waals surface area contributed by atoms with Gasteiger partial charge in [0.1, 0.15) is 17.2 Å². The normalized spacial score (nSPS) is 16.2. The molecule has 1 aliphatic rings. The van der Waals surface area contributed by atoms with E-state index in [1.807, 2.05) is 45.0 Å². The van der Waals surface area contributed by atoms with Crippen molar-refractivity contribution in [3.8, 4) is 11.3 Å². The molecule has 0 amide bonds. The number of rotatable bonds is 8. The predicted molar refractivity (Wildman–Crippen MR) is 171 cm³/mol. The third-order valence-corrected chi connectivity index (χ3v) is 11.0. The molecule has 5 rings (SSSR count). The van der Waals surface area contributed by atoms with Crippen molar-refractivity contribution in [2.75, 3.05) is 19.3 Å². The Bertz CT molecular complexity index is 1540. The average molecular weight is 563 g/mol. The molecule has 2 aromatic heterocycles. The topological polar surface area (TPSA) is 49.8 Å². The monoisotopic (exact) mass is 562 g/mol. The lowest BCUT2D eigenvalue weighted by molar-refractivity contribution is 0.628. The summed E-state index contributed by atoms with van der Waals surface area (Å²) in [6, 6.07) is 16.0. The molecule has 0 saturated heterocycles. The van der Waals surface area contributed by atoms with Crippen LogP contribution in [0.3, 0.4) is 0 Å². The van der Waals surface area contributed by atoms with Gasteiger partial charge in [-0.15, -0.1) is 0 Å². The van der Waals surface area contributed by atoms with Crippen molar-refractivity contribution >= 4 is 34.7 Å². The van der Waals surface area contributed by atoms with Crippen molar-refractivity contribution in [3.05, 3.63) is 95.3 Å². The van der Waals surface area contributed by atoms with E-state index in [4.69, 9.17) is 4.98 Å². The Morgan fingerprint density at radius 2 is 1.82 bits per heavy atom. The highest BCUT2D eigenvalue weighted by Gasteiger charge is 2.27. The maximum atomic E-state index is 14.7. The lowest BCUT2D eigenvalue weighted by Gasteiger charge is -2.35. The van der Waals surface area contributed by atoms with E-state index in [-0.39, 0.29) is 19.1 Å². The summed E-state index contributed by atoms with van der Waals surface area (Å²) in [6.07, 6.45) is 5.30. The zero-order valence-corrected chi connectivity index (χ0v) is 24.2. The van der Waals surface area contributed by atoms with Gasteiger partial charge >= 0.3 is 0 Å². The van der Waals surface area contributed by atoms with E-state index in [1.165, 1.54) is 23.5 Å². The molecule has 4 nitrogen and oxygen atoms in total. The minimum absolute atomic E-state index is 0. The highest BCUT2D eigenvalue weighted by Crippen LogP contribution is 2.46. The summed E-state index contributed by atoms with van der Waals surface area (Å²) in [5, 5.41) is 9.28. The molecule has 0 bridgehead atoms. The first-order valence-electron chi connectivity index (χ1n) is 13.6. The largest absolute Gasteiger partial charge is 0.384 e. The molecule has 0 saturated carbocycles. The Morgan fingerprint density at radius 3 is 2.45 bits per heavy atom. The maximum Gasteiger partial charge on any atom is 0.150 e. The number of aromatic nitrogens is 2. The summed E-state index contributed by atoms with van der Waals surface area (Å²) in [4.78, 5) is 9.17. The smallest absolute Gasteiger partial charge is 0.150 e. The van der Waals surface area contributed by atoms with Crippen molar-refractivity contribution < 1.29 is 8.78 Å². The Morgan fingerprint density at radius 1 is 1.10 bits per heavy atom. The average Bonchev–Trinajstić information content (AvgIpc) is 2.94. The Hall–Kier alpha value is -3.34. The van der Waals surface area contributed by atoms with E-state index in [2.05, 4.69) is 41.1 Å². The van der Waals surface area contributed by atoms with E-state index in [0.29, 0.717) is 18.5 Å². The van der Waals surface area contributed by atoms with Gasteiger partial charge in [-0.2, -0.15) is 0 Å². The van der Waals surface area contributed by atoms with Crippen molar-refractivity contribution in [3.63, 3.8) is 0 Å². The molecule has 7 heteroatoms. The van der Waals surface area contributed by atoms with Crippen LogP contribution in [0.1, 0.15) is 51.9 Å². The van der Waals surface area contributed by atoms with Crippen molar-refractivity contribution in [1.82, 2.24) is 20.4 Å². The van der Waals surface area contributed by atoms with Crippen LogP contribution in [0.5, 0.6) is 0 Å². The summed E-state index contributed by atoms with van der Waals surface area (Å²) in [6.45, 7) is 11.9. The molecule has 1 atom stereocenters. The van der Waals surface area contributed by atoms with E-state index in [9.17, 15) is 8.78 Å². The van der Waals surface area contributed by atoms with Crippen LogP contribution in [-0.2, 0) is 6.42 Å². The van der Waals surface area contributed by atoms with Crippen molar-refractivity contribution in [2.45, 2.75) is 48.5 Å². The van der Waals surface area contributed by atoms with Gasteiger partial charge in [-0.3, -0.25) is 15.1 Å². The number of nitrogens with one attached hydrogen (secondary N) is 2. The third-order valence-electron chi connectivity index (χ3n) is 7.08. The van der Waals surface area contributed by atoms with Gasteiger partial charge in [-0.25, -0.2) is 8.78 Å². The van der Waals surface area contributed by atoms with Crippen LogP contribution in [0.15, 0.2) is 66.9 Å². The van der Waals surface area contributed by atoms with E-state index < -0.39 is 7.04 Å². The standard InChI is InChI=1S/C30H31F2N4P.C2H6.CH4/c1-4-27(23-17-22-7-6-13-34-30(22)26(32)18-23)33-14-12-25-19-28(37(5-2)16-15-35-37)20(3)29(36-25)21-8-10-24(31)11-9-21;1-2;/h4,6-11,13,16-19,33,35H,5,12,14-15H2,1-3H3;1-2H3;1H4/b27-4+;;. The van der Waals surface area contributed by atoms with Gasteiger partial charge in [-0.1, -0.05) is 46.1 Å². The highest BCUT2D eigenvalue weighted by molar-refractivity contribution is 7.81. The Labute approximate surface area is 238 Å². The van der Waals surface area contributed by atoms with Gasteiger partial charge < -0.3 is 5.32 Å². The van der Waals surface area contributed by atoms with Crippen molar-refractivity contribution in [2.24, 2.45) is 0 Å². The summed E-state index contributed by atoms with van der Waals surface area (Å²) >= 11 is 0. The number of allylic oxidation sites excluding steroid dienone is 1. The molecule has 4 aromatic rings. The van der Waals surface area contributed by atoms with Gasteiger partial charge in [0.2, 0.25) is 0 Å².